The maximum atomic E-state index is 11.8. The molecule has 6 nitrogen and oxygen atoms in total. The van der Waals surface area contributed by atoms with Crippen LogP contribution in [0.15, 0.2) is 47.5 Å². The van der Waals surface area contributed by atoms with Crippen molar-refractivity contribution in [2.45, 2.75) is 0 Å². The number of aromatic amines is 1. The zero-order chi connectivity index (χ0) is 15.3. The van der Waals surface area contributed by atoms with Gasteiger partial charge in [0.15, 0.2) is 0 Å². The van der Waals surface area contributed by atoms with E-state index in [1.54, 1.807) is 30.1 Å². The summed E-state index contributed by atoms with van der Waals surface area (Å²) in [5.41, 5.74) is 9.85. The van der Waals surface area contributed by atoms with Crippen molar-refractivity contribution in [3.05, 3.63) is 53.2 Å². The van der Waals surface area contributed by atoms with Gasteiger partial charge in [-0.25, -0.2) is 9.78 Å². The summed E-state index contributed by atoms with van der Waals surface area (Å²) in [5, 5.41) is 0.907. The van der Waals surface area contributed by atoms with E-state index in [1.807, 2.05) is 24.3 Å². The van der Waals surface area contributed by atoms with Crippen LogP contribution in [0.5, 0.6) is 0 Å². The van der Waals surface area contributed by atoms with Gasteiger partial charge < -0.3 is 10.7 Å². The minimum absolute atomic E-state index is 0.149. The number of aryl methyl sites for hydroxylation is 1. The number of rotatable bonds is 1. The predicted octanol–water partition coefficient (Wildman–Crippen LogP) is 2.06. The summed E-state index contributed by atoms with van der Waals surface area (Å²) in [6.07, 6.45) is 3.44. The van der Waals surface area contributed by atoms with Gasteiger partial charge in [-0.1, -0.05) is 6.07 Å². The number of nitrogens with two attached hydrogens (primary N) is 1. The van der Waals surface area contributed by atoms with Crippen molar-refractivity contribution in [2.75, 3.05) is 5.73 Å². The lowest BCUT2D eigenvalue weighted by Gasteiger charge is -2.05. The van der Waals surface area contributed by atoms with Gasteiger partial charge in [0.25, 0.3) is 0 Å². The van der Waals surface area contributed by atoms with Crippen molar-refractivity contribution in [1.82, 2.24) is 19.5 Å². The van der Waals surface area contributed by atoms with E-state index < -0.39 is 0 Å². The second kappa shape index (κ2) is 4.42. The minimum Gasteiger partial charge on any atom is -0.384 e. The van der Waals surface area contributed by atoms with Crippen LogP contribution in [-0.2, 0) is 7.05 Å². The van der Waals surface area contributed by atoms with E-state index in [4.69, 9.17) is 5.73 Å². The molecule has 0 radical (unpaired) electrons. The number of anilines is 1. The molecule has 3 aromatic heterocycles. The summed E-state index contributed by atoms with van der Waals surface area (Å²) in [6, 6.07) is 9.61. The summed E-state index contributed by atoms with van der Waals surface area (Å²) >= 11 is 0. The minimum atomic E-state index is -0.149. The van der Waals surface area contributed by atoms with Crippen molar-refractivity contribution in [2.24, 2.45) is 7.05 Å². The highest BCUT2D eigenvalue weighted by Gasteiger charge is 2.09. The van der Waals surface area contributed by atoms with E-state index in [1.165, 1.54) is 0 Å². The van der Waals surface area contributed by atoms with Crippen molar-refractivity contribution < 1.29 is 0 Å². The topological polar surface area (TPSA) is 89.6 Å². The van der Waals surface area contributed by atoms with Gasteiger partial charge in [0.1, 0.15) is 5.82 Å². The second-order valence-electron chi connectivity index (χ2n) is 5.21. The highest BCUT2D eigenvalue weighted by Crippen LogP contribution is 2.27. The highest BCUT2D eigenvalue weighted by molar-refractivity contribution is 6.03. The third-order valence-electron chi connectivity index (χ3n) is 3.87. The largest absolute Gasteiger partial charge is 0.384 e. The third-order valence-corrected chi connectivity index (χ3v) is 3.87. The van der Waals surface area contributed by atoms with Crippen LogP contribution < -0.4 is 11.4 Å². The quantitative estimate of drug-likeness (QED) is 0.561. The van der Waals surface area contributed by atoms with Crippen molar-refractivity contribution >= 4 is 27.8 Å². The van der Waals surface area contributed by atoms with Gasteiger partial charge in [-0.3, -0.25) is 9.55 Å². The van der Waals surface area contributed by atoms with Crippen molar-refractivity contribution in [3.63, 3.8) is 0 Å². The molecule has 22 heavy (non-hydrogen) atoms. The van der Waals surface area contributed by atoms with Crippen LogP contribution in [0.4, 0.5) is 5.82 Å². The number of hydrogen-bond donors (Lipinski definition) is 2. The van der Waals surface area contributed by atoms with Crippen LogP contribution in [0.1, 0.15) is 0 Å². The number of imidazole rings is 1. The normalized spacial score (nSPS) is 11.3. The Morgan fingerprint density at radius 2 is 1.91 bits per heavy atom. The lowest BCUT2D eigenvalue weighted by atomic mass is 10.0. The molecule has 6 heteroatoms. The Bertz CT molecular complexity index is 1060. The van der Waals surface area contributed by atoms with Gasteiger partial charge in [0.2, 0.25) is 0 Å². The number of nitrogens with zero attached hydrogens (tertiary/aromatic N) is 3. The molecular weight excluding hydrogens is 278 g/mol. The fraction of sp³-hybridized carbons (Fsp3) is 0.0625. The summed E-state index contributed by atoms with van der Waals surface area (Å²) in [6.45, 7) is 0. The number of H-pyrrole nitrogens is 1. The number of benzene rings is 1. The highest BCUT2D eigenvalue weighted by atomic mass is 16.1. The summed E-state index contributed by atoms with van der Waals surface area (Å²) in [7, 11) is 1.72. The first-order valence-electron chi connectivity index (χ1n) is 6.83. The Morgan fingerprint density at radius 3 is 2.68 bits per heavy atom. The molecule has 3 N–H and O–H groups in total. The Hall–Kier alpha value is -3.15. The van der Waals surface area contributed by atoms with E-state index in [9.17, 15) is 4.79 Å². The molecule has 4 aromatic rings. The van der Waals surface area contributed by atoms with Crippen molar-refractivity contribution in [1.29, 1.82) is 0 Å². The molecule has 3 heterocycles. The summed E-state index contributed by atoms with van der Waals surface area (Å²) in [4.78, 5) is 23.3. The van der Waals surface area contributed by atoms with Gasteiger partial charge in [-0.05, 0) is 29.8 Å². The van der Waals surface area contributed by atoms with Gasteiger partial charge in [0.05, 0.1) is 22.7 Å². The van der Waals surface area contributed by atoms with Crippen molar-refractivity contribution in [3.8, 4) is 11.1 Å². The van der Waals surface area contributed by atoms with E-state index >= 15 is 0 Å². The molecular formula is C16H13N5O. The SMILES string of the molecule is Cn1c(=O)[nH]c2c3cc(-c4ccc(N)nc4)ccc3ncc21. The van der Waals surface area contributed by atoms with E-state index in [2.05, 4.69) is 15.0 Å². The Balaban J connectivity index is 2.03. The number of fused-ring (bicyclic) bond motifs is 3. The molecule has 0 saturated carbocycles. The Morgan fingerprint density at radius 1 is 1.09 bits per heavy atom. The molecule has 0 unspecified atom stereocenters. The molecule has 0 fully saturated rings. The summed E-state index contributed by atoms with van der Waals surface area (Å²) in [5.74, 6) is 0.487. The van der Waals surface area contributed by atoms with E-state index in [-0.39, 0.29) is 5.69 Å². The number of aromatic nitrogens is 4. The molecule has 0 aliphatic heterocycles. The molecule has 0 saturated heterocycles. The first-order chi connectivity index (χ1) is 10.6. The molecule has 0 spiro atoms. The van der Waals surface area contributed by atoms with Gasteiger partial charge >= 0.3 is 5.69 Å². The molecule has 4 rings (SSSR count). The number of hydrogen-bond acceptors (Lipinski definition) is 4. The van der Waals surface area contributed by atoms with E-state index in [0.29, 0.717) is 5.82 Å². The van der Waals surface area contributed by atoms with Crippen LogP contribution in [0, 0.1) is 0 Å². The van der Waals surface area contributed by atoms with Crippen LogP contribution in [0.25, 0.3) is 33.1 Å². The molecule has 108 valence electrons. The van der Waals surface area contributed by atoms with Crippen LogP contribution in [0.2, 0.25) is 0 Å². The number of pyridine rings is 2. The standard InChI is InChI=1S/C16H13N5O/c1-21-13-8-18-12-4-2-9(10-3-5-14(17)19-7-10)6-11(12)15(13)20-16(21)22/h2-8H,1H3,(H2,17,19)(H,20,22). The average Bonchev–Trinajstić information content (AvgIpc) is 2.83. The Kier molecular flexibility index (Phi) is 2.53. The number of nitrogens with one attached hydrogen (secondary N) is 1. The molecule has 0 atom stereocenters. The smallest absolute Gasteiger partial charge is 0.326 e. The first-order valence-corrected chi connectivity index (χ1v) is 6.83. The number of nitrogen functional groups attached to an aromatic ring is 1. The van der Waals surface area contributed by atoms with Gasteiger partial charge in [-0.15, -0.1) is 0 Å². The first kappa shape index (κ1) is 12.6. The molecule has 0 aliphatic carbocycles. The second-order valence-corrected chi connectivity index (χ2v) is 5.21. The lowest BCUT2D eigenvalue weighted by Crippen LogP contribution is -2.11. The third kappa shape index (κ3) is 1.77. The average molecular weight is 291 g/mol. The zero-order valence-electron chi connectivity index (χ0n) is 11.9. The fourth-order valence-corrected chi connectivity index (χ4v) is 2.62. The zero-order valence-corrected chi connectivity index (χ0v) is 11.9. The van der Waals surface area contributed by atoms with Crippen LogP contribution in [-0.4, -0.2) is 19.5 Å². The molecule has 0 amide bonds. The molecule has 1 aromatic carbocycles. The molecule has 0 aliphatic rings. The Labute approximate surface area is 125 Å². The lowest BCUT2D eigenvalue weighted by molar-refractivity contribution is 0.890. The van der Waals surface area contributed by atoms with Crippen LogP contribution >= 0.6 is 0 Å². The van der Waals surface area contributed by atoms with Crippen LogP contribution in [0.3, 0.4) is 0 Å². The van der Waals surface area contributed by atoms with E-state index in [0.717, 1.165) is 33.1 Å². The summed E-state index contributed by atoms with van der Waals surface area (Å²) < 4.78 is 1.55. The predicted molar refractivity (Wildman–Crippen MR) is 86.5 cm³/mol. The molecule has 0 bridgehead atoms. The monoisotopic (exact) mass is 291 g/mol. The maximum absolute atomic E-state index is 11.8. The fourth-order valence-electron chi connectivity index (χ4n) is 2.62. The maximum Gasteiger partial charge on any atom is 0.326 e. The van der Waals surface area contributed by atoms with Gasteiger partial charge in [-0.2, -0.15) is 0 Å². The van der Waals surface area contributed by atoms with Gasteiger partial charge in [0, 0.05) is 24.2 Å².